The van der Waals surface area contributed by atoms with Crippen LogP contribution in [0, 0.1) is 0 Å². The summed E-state index contributed by atoms with van der Waals surface area (Å²) in [7, 11) is 0. The third-order valence-corrected chi connectivity index (χ3v) is 2.87. The highest BCUT2D eigenvalue weighted by molar-refractivity contribution is 5.77. The Labute approximate surface area is 110 Å². The minimum Gasteiger partial charge on any atom is -0.395 e. The summed E-state index contributed by atoms with van der Waals surface area (Å²) < 4.78 is 0. The quantitative estimate of drug-likeness (QED) is 0.666. The van der Waals surface area contributed by atoms with Gasteiger partial charge in [0.2, 0.25) is 0 Å². The van der Waals surface area contributed by atoms with Crippen LogP contribution in [0.2, 0.25) is 0 Å². The van der Waals surface area contributed by atoms with Crippen molar-refractivity contribution in [2.75, 3.05) is 26.3 Å². The van der Waals surface area contributed by atoms with Gasteiger partial charge in [-0.2, -0.15) is 0 Å². The molecule has 0 saturated heterocycles. The molecule has 102 valence electrons. The van der Waals surface area contributed by atoms with Gasteiger partial charge in [0.1, 0.15) is 5.82 Å². The van der Waals surface area contributed by atoms with Crippen molar-refractivity contribution >= 4 is 10.9 Å². The van der Waals surface area contributed by atoms with E-state index in [1.807, 2.05) is 11.0 Å². The van der Waals surface area contributed by atoms with E-state index in [2.05, 4.69) is 9.97 Å². The molecule has 0 aliphatic rings. The number of aromatic nitrogens is 2. The van der Waals surface area contributed by atoms with E-state index in [1.54, 1.807) is 18.2 Å². The number of rotatable bonds is 6. The van der Waals surface area contributed by atoms with Crippen LogP contribution in [0.25, 0.3) is 10.9 Å². The Morgan fingerprint density at radius 1 is 1.16 bits per heavy atom. The van der Waals surface area contributed by atoms with Crippen LogP contribution in [-0.4, -0.2) is 51.4 Å². The Morgan fingerprint density at radius 2 is 1.84 bits per heavy atom. The Balaban J connectivity index is 2.27. The van der Waals surface area contributed by atoms with Gasteiger partial charge in [0, 0.05) is 13.1 Å². The van der Waals surface area contributed by atoms with Crippen molar-refractivity contribution in [3.05, 3.63) is 40.4 Å². The van der Waals surface area contributed by atoms with Crippen LogP contribution >= 0.6 is 0 Å². The van der Waals surface area contributed by atoms with E-state index in [0.717, 1.165) is 0 Å². The lowest BCUT2D eigenvalue weighted by molar-refractivity contribution is 0.153. The molecule has 3 N–H and O–H groups in total. The Hall–Kier alpha value is -1.76. The summed E-state index contributed by atoms with van der Waals surface area (Å²) in [4.78, 5) is 20.8. The molecule has 2 aromatic rings. The van der Waals surface area contributed by atoms with Gasteiger partial charge >= 0.3 is 0 Å². The van der Waals surface area contributed by atoms with Crippen molar-refractivity contribution in [2.24, 2.45) is 0 Å². The zero-order valence-electron chi connectivity index (χ0n) is 10.5. The smallest absolute Gasteiger partial charge is 0.258 e. The molecule has 0 spiro atoms. The second-order valence-electron chi connectivity index (χ2n) is 4.25. The molecule has 0 aliphatic heterocycles. The molecule has 6 heteroatoms. The number of para-hydroxylation sites is 1. The molecule has 0 bridgehead atoms. The molecule has 1 heterocycles. The summed E-state index contributed by atoms with van der Waals surface area (Å²) in [5.41, 5.74) is 0.475. The van der Waals surface area contributed by atoms with E-state index in [-0.39, 0.29) is 18.8 Å². The fraction of sp³-hybridized carbons (Fsp3) is 0.385. The predicted octanol–water partition coefficient (Wildman–Crippen LogP) is -0.290. The fourth-order valence-corrected chi connectivity index (χ4v) is 1.97. The summed E-state index contributed by atoms with van der Waals surface area (Å²) in [5, 5.41) is 18.5. The summed E-state index contributed by atoms with van der Waals surface area (Å²) in [5.74, 6) is 0.533. The first-order chi connectivity index (χ1) is 9.24. The average Bonchev–Trinajstić information content (AvgIpc) is 2.39. The standard InChI is InChI=1S/C13H17N3O3/c17-7-5-16(6-8-18)9-12-14-11-4-2-1-3-10(11)13(19)15-12/h1-4,17-18H,5-9H2,(H,14,15,19). The van der Waals surface area contributed by atoms with Gasteiger partial charge in [0.05, 0.1) is 30.7 Å². The Kier molecular flexibility index (Phi) is 4.62. The van der Waals surface area contributed by atoms with Crippen molar-refractivity contribution in [2.45, 2.75) is 6.54 Å². The number of benzene rings is 1. The predicted molar refractivity (Wildman–Crippen MR) is 71.8 cm³/mol. The summed E-state index contributed by atoms with van der Waals surface area (Å²) in [6, 6.07) is 7.14. The number of aromatic amines is 1. The molecule has 19 heavy (non-hydrogen) atoms. The van der Waals surface area contributed by atoms with Crippen molar-refractivity contribution in [1.82, 2.24) is 14.9 Å². The average molecular weight is 263 g/mol. The van der Waals surface area contributed by atoms with Crippen molar-refractivity contribution in [3.63, 3.8) is 0 Å². The number of fused-ring (bicyclic) bond motifs is 1. The number of aliphatic hydroxyl groups is 2. The second kappa shape index (κ2) is 6.42. The fourth-order valence-electron chi connectivity index (χ4n) is 1.97. The van der Waals surface area contributed by atoms with Gasteiger partial charge in [-0.25, -0.2) is 4.98 Å². The molecular weight excluding hydrogens is 246 g/mol. The van der Waals surface area contributed by atoms with Crippen LogP contribution in [-0.2, 0) is 6.54 Å². The number of H-pyrrole nitrogens is 1. The molecule has 0 saturated carbocycles. The minimum atomic E-state index is -0.173. The van der Waals surface area contributed by atoms with Gasteiger partial charge in [0.15, 0.2) is 0 Å². The lowest BCUT2D eigenvalue weighted by Gasteiger charge is -2.19. The lowest BCUT2D eigenvalue weighted by Crippen LogP contribution is -2.31. The van der Waals surface area contributed by atoms with Gasteiger partial charge in [-0.1, -0.05) is 12.1 Å². The number of hydrogen-bond acceptors (Lipinski definition) is 5. The molecular formula is C13H17N3O3. The summed E-state index contributed by atoms with van der Waals surface area (Å²) in [6.07, 6.45) is 0. The molecule has 6 nitrogen and oxygen atoms in total. The normalized spacial score (nSPS) is 11.3. The van der Waals surface area contributed by atoms with E-state index in [1.165, 1.54) is 0 Å². The Bertz CT molecular complexity index is 591. The van der Waals surface area contributed by atoms with Gasteiger partial charge in [-0.15, -0.1) is 0 Å². The topological polar surface area (TPSA) is 89.5 Å². The van der Waals surface area contributed by atoms with Crippen LogP contribution in [0.15, 0.2) is 29.1 Å². The largest absolute Gasteiger partial charge is 0.395 e. The molecule has 0 atom stereocenters. The first-order valence-electron chi connectivity index (χ1n) is 6.16. The first-order valence-corrected chi connectivity index (χ1v) is 6.16. The number of nitrogens with one attached hydrogen (secondary N) is 1. The van der Waals surface area contributed by atoms with Crippen molar-refractivity contribution < 1.29 is 10.2 Å². The van der Waals surface area contributed by atoms with Crippen LogP contribution in [0.1, 0.15) is 5.82 Å². The maximum Gasteiger partial charge on any atom is 0.258 e. The first kappa shape index (κ1) is 13.7. The molecule has 0 fully saturated rings. The molecule has 0 amide bonds. The highest BCUT2D eigenvalue weighted by Gasteiger charge is 2.08. The maximum absolute atomic E-state index is 11.9. The molecule has 0 radical (unpaired) electrons. The van der Waals surface area contributed by atoms with Crippen LogP contribution in [0.4, 0.5) is 0 Å². The maximum atomic E-state index is 11.9. The molecule has 0 unspecified atom stereocenters. The molecule has 1 aromatic heterocycles. The van der Waals surface area contributed by atoms with Crippen LogP contribution in [0.5, 0.6) is 0 Å². The van der Waals surface area contributed by atoms with Gasteiger partial charge < -0.3 is 15.2 Å². The van der Waals surface area contributed by atoms with Gasteiger partial charge in [0.25, 0.3) is 5.56 Å². The molecule has 2 rings (SSSR count). The van der Waals surface area contributed by atoms with E-state index < -0.39 is 0 Å². The molecule has 0 aliphatic carbocycles. The van der Waals surface area contributed by atoms with E-state index >= 15 is 0 Å². The molecule has 1 aromatic carbocycles. The number of hydrogen-bond donors (Lipinski definition) is 3. The monoisotopic (exact) mass is 263 g/mol. The highest BCUT2D eigenvalue weighted by atomic mass is 16.3. The Morgan fingerprint density at radius 3 is 2.53 bits per heavy atom. The van der Waals surface area contributed by atoms with E-state index in [0.29, 0.717) is 36.4 Å². The number of aliphatic hydroxyl groups excluding tert-OH is 2. The van der Waals surface area contributed by atoms with Gasteiger partial charge in [-0.05, 0) is 12.1 Å². The third-order valence-electron chi connectivity index (χ3n) is 2.87. The lowest BCUT2D eigenvalue weighted by atomic mass is 10.2. The van der Waals surface area contributed by atoms with Gasteiger partial charge in [-0.3, -0.25) is 9.69 Å². The van der Waals surface area contributed by atoms with E-state index in [9.17, 15) is 4.79 Å². The van der Waals surface area contributed by atoms with Crippen LogP contribution < -0.4 is 5.56 Å². The zero-order chi connectivity index (χ0) is 13.7. The number of nitrogens with zero attached hydrogens (tertiary/aromatic N) is 2. The summed E-state index contributed by atoms with van der Waals surface area (Å²) in [6.45, 7) is 1.24. The third kappa shape index (κ3) is 3.37. The SMILES string of the molecule is O=c1[nH]c(CN(CCO)CCO)nc2ccccc12. The summed E-state index contributed by atoms with van der Waals surface area (Å²) >= 11 is 0. The second-order valence-corrected chi connectivity index (χ2v) is 4.25. The van der Waals surface area contributed by atoms with Crippen molar-refractivity contribution in [1.29, 1.82) is 0 Å². The highest BCUT2D eigenvalue weighted by Crippen LogP contribution is 2.06. The van der Waals surface area contributed by atoms with Crippen molar-refractivity contribution in [3.8, 4) is 0 Å². The van der Waals surface area contributed by atoms with Crippen LogP contribution in [0.3, 0.4) is 0 Å². The minimum absolute atomic E-state index is 0.00217. The van der Waals surface area contributed by atoms with E-state index in [4.69, 9.17) is 10.2 Å². The zero-order valence-corrected chi connectivity index (χ0v) is 10.5.